The molecule has 0 spiro atoms. The summed E-state index contributed by atoms with van der Waals surface area (Å²) in [6.07, 6.45) is 0.350. The summed E-state index contributed by atoms with van der Waals surface area (Å²) in [6.45, 7) is 2.93. The number of carbonyl (C=O) groups excluding carboxylic acids is 1. The highest BCUT2D eigenvalue weighted by Crippen LogP contribution is 2.39. The highest BCUT2D eigenvalue weighted by atomic mass is 35.5. The third kappa shape index (κ3) is 1.66. The summed E-state index contributed by atoms with van der Waals surface area (Å²) in [5, 5.41) is 20.3. The second-order valence-corrected chi connectivity index (χ2v) is 3.43. The molecule has 0 aliphatic carbocycles. The molecule has 1 aromatic rings. The number of aldehydes is 1. The molecule has 0 heterocycles. The van der Waals surface area contributed by atoms with Crippen molar-refractivity contribution in [1.29, 1.82) is 0 Å². The van der Waals surface area contributed by atoms with Gasteiger partial charge in [0.2, 0.25) is 5.75 Å². The number of nitrogens with zero attached hydrogens (tertiary/aromatic N) is 1. The van der Waals surface area contributed by atoms with Crippen molar-refractivity contribution in [2.75, 3.05) is 0 Å². The molecule has 0 saturated carbocycles. The Morgan fingerprint density at radius 2 is 1.93 bits per heavy atom. The maximum absolute atomic E-state index is 10.6. The van der Waals surface area contributed by atoms with Crippen LogP contribution in [0.1, 0.15) is 21.5 Å². The Morgan fingerprint density at radius 1 is 1.40 bits per heavy atom. The maximum Gasteiger partial charge on any atom is 0.315 e. The monoisotopic (exact) mass is 229 g/mol. The van der Waals surface area contributed by atoms with Gasteiger partial charge in [0.15, 0.2) is 6.29 Å². The number of aromatic hydroxyl groups is 1. The number of nitro groups is 1. The van der Waals surface area contributed by atoms with Crippen molar-refractivity contribution in [2.45, 2.75) is 13.8 Å². The van der Waals surface area contributed by atoms with E-state index in [0.717, 1.165) is 0 Å². The van der Waals surface area contributed by atoms with Crippen molar-refractivity contribution in [3.8, 4) is 5.75 Å². The van der Waals surface area contributed by atoms with Crippen LogP contribution in [0.4, 0.5) is 5.69 Å². The summed E-state index contributed by atoms with van der Waals surface area (Å²) in [5.41, 5.74) is -0.167. The molecular weight excluding hydrogens is 222 g/mol. The number of phenolic OH excluding ortho intramolecular Hbond substituents is 1. The summed E-state index contributed by atoms with van der Waals surface area (Å²) < 4.78 is 0. The van der Waals surface area contributed by atoms with Gasteiger partial charge in [-0.25, -0.2) is 0 Å². The highest BCUT2D eigenvalue weighted by Gasteiger charge is 2.25. The number of halogens is 1. The van der Waals surface area contributed by atoms with Crippen LogP contribution in [0.2, 0.25) is 5.02 Å². The molecule has 0 unspecified atom stereocenters. The lowest BCUT2D eigenvalue weighted by atomic mass is 10.0. The molecule has 0 atom stereocenters. The zero-order valence-electron chi connectivity index (χ0n) is 8.07. The average Bonchev–Trinajstić information content (AvgIpc) is 2.15. The van der Waals surface area contributed by atoms with Gasteiger partial charge in [0.05, 0.1) is 15.5 Å². The van der Waals surface area contributed by atoms with Crippen LogP contribution in [-0.4, -0.2) is 16.3 Å². The van der Waals surface area contributed by atoms with Gasteiger partial charge in [0.25, 0.3) is 0 Å². The number of carbonyl (C=O) groups is 1. The van der Waals surface area contributed by atoms with Gasteiger partial charge in [0.1, 0.15) is 0 Å². The Balaban J connectivity index is 3.75. The van der Waals surface area contributed by atoms with Crippen LogP contribution < -0.4 is 0 Å². The first-order valence-corrected chi connectivity index (χ1v) is 4.40. The molecule has 0 saturated heterocycles. The lowest BCUT2D eigenvalue weighted by Gasteiger charge is -2.08. The topological polar surface area (TPSA) is 80.4 Å². The number of hydrogen-bond donors (Lipinski definition) is 1. The lowest BCUT2D eigenvalue weighted by molar-refractivity contribution is -0.386. The molecule has 0 bridgehead atoms. The first kappa shape index (κ1) is 11.5. The zero-order chi connectivity index (χ0) is 11.7. The van der Waals surface area contributed by atoms with Crippen LogP contribution >= 0.6 is 11.6 Å². The predicted molar refractivity (Wildman–Crippen MR) is 54.6 cm³/mol. The van der Waals surface area contributed by atoms with Crippen molar-refractivity contribution in [3.05, 3.63) is 31.8 Å². The molecule has 0 aliphatic rings. The van der Waals surface area contributed by atoms with E-state index in [4.69, 9.17) is 11.6 Å². The zero-order valence-corrected chi connectivity index (χ0v) is 8.83. The first-order chi connectivity index (χ1) is 6.91. The number of hydrogen-bond acceptors (Lipinski definition) is 4. The fourth-order valence-corrected chi connectivity index (χ4v) is 1.55. The normalized spacial score (nSPS) is 10.1. The number of benzene rings is 1. The number of phenols is 1. The van der Waals surface area contributed by atoms with E-state index < -0.39 is 16.4 Å². The van der Waals surface area contributed by atoms with E-state index in [1.165, 1.54) is 13.8 Å². The molecule has 0 fully saturated rings. The summed E-state index contributed by atoms with van der Waals surface area (Å²) in [6, 6.07) is 0. The smallest absolute Gasteiger partial charge is 0.315 e. The fourth-order valence-electron chi connectivity index (χ4n) is 1.35. The van der Waals surface area contributed by atoms with E-state index in [0.29, 0.717) is 11.8 Å². The van der Waals surface area contributed by atoms with Crippen molar-refractivity contribution >= 4 is 23.6 Å². The molecular formula is C9H8ClNO4. The maximum atomic E-state index is 10.6. The number of nitro benzene ring substituents is 1. The van der Waals surface area contributed by atoms with Crippen molar-refractivity contribution in [1.82, 2.24) is 0 Å². The lowest BCUT2D eigenvalue weighted by Crippen LogP contribution is -1.99. The molecule has 0 aromatic heterocycles. The molecule has 1 aromatic carbocycles. The second kappa shape index (κ2) is 3.86. The van der Waals surface area contributed by atoms with Gasteiger partial charge in [0, 0.05) is 5.56 Å². The van der Waals surface area contributed by atoms with E-state index in [2.05, 4.69) is 0 Å². The molecule has 80 valence electrons. The van der Waals surface area contributed by atoms with Crippen LogP contribution in [0.15, 0.2) is 0 Å². The molecule has 0 radical (unpaired) electrons. The van der Waals surface area contributed by atoms with Crippen molar-refractivity contribution in [3.63, 3.8) is 0 Å². The summed E-state index contributed by atoms with van der Waals surface area (Å²) in [4.78, 5) is 20.5. The van der Waals surface area contributed by atoms with E-state index >= 15 is 0 Å². The van der Waals surface area contributed by atoms with Crippen LogP contribution in [-0.2, 0) is 0 Å². The Kier molecular flexibility index (Phi) is 2.95. The van der Waals surface area contributed by atoms with Gasteiger partial charge < -0.3 is 5.11 Å². The molecule has 5 nitrogen and oxygen atoms in total. The second-order valence-electron chi connectivity index (χ2n) is 3.05. The summed E-state index contributed by atoms with van der Waals surface area (Å²) in [7, 11) is 0. The van der Waals surface area contributed by atoms with Crippen LogP contribution in [0.25, 0.3) is 0 Å². The first-order valence-electron chi connectivity index (χ1n) is 4.03. The minimum absolute atomic E-state index is 0.126. The van der Waals surface area contributed by atoms with Crippen LogP contribution in [0.5, 0.6) is 5.75 Å². The molecule has 0 aliphatic heterocycles. The quantitative estimate of drug-likeness (QED) is 0.480. The number of rotatable bonds is 2. The van der Waals surface area contributed by atoms with Gasteiger partial charge in [-0.15, -0.1) is 0 Å². The van der Waals surface area contributed by atoms with E-state index in [-0.39, 0.29) is 16.1 Å². The fraction of sp³-hybridized carbons (Fsp3) is 0.222. The predicted octanol–water partition coefficient (Wildman–Crippen LogP) is 2.38. The van der Waals surface area contributed by atoms with Gasteiger partial charge in [-0.2, -0.15) is 0 Å². The minimum atomic E-state index is -0.761. The highest BCUT2D eigenvalue weighted by molar-refractivity contribution is 6.33. The van der Waals surface area contributed by atoms with Crippen LogP contribution in [0, 0.1) is 24.0 Å². The van der Waals surface area contributed by atoms with E-state index in [1.54, 1.807) is 0 Å². The molecule has 1 N–H and O–H groups in total. The molecule has 1 rings (SSSR count). The molecule has 6 heteroatoms. The third-order valence-corrected chi connectivity index (χ3v) is 2.76. The standard InChI is InChI=1S/C9H8ClNO4/c1-4-6(3-12)9(13)8(11(14)15)5(2)7(4)10/h3,13H,1-2H3. The Morgan fingerprint density at radius 3 is 2.33 bits per heavy atom. The Bertz CT molecular complexity index is 456. The molecule has 15 heavy (non-hydrogen) atoms. The summed E-state index contributed by atoms with van der Waals surface area (Å²) >= 11 is 5.81. The van der Waals surface area contributed by atoms with Crippen LogP contribution in [0.3, 0.4) is 0 Å². The van der Waals surface area contributed by atoms with Gasteiger partial charge in [-0.05, 0) is 19.4 Å². The van der Waals surface area contributed by atoms with Crippen molar-refractivity contribution in [2.24, 2.45) is 0 Å². The van der Waals surface area contributed by atoms with Crippen molar-refractivity contribution < 1.29 is 14.8 Å². The minimum Gasteiger partial charge on any atom is -0.502 e. The van der Waals surface area contributed by atoms with E-state index in [9.17, 15) is 20.0 Å². The Labute approximate surface area is 90.4 Å². The largest absolute Gasteiger partial charge is 0.502 e. The Hall–Kier alpha value is -1.62. The average molecular weight is 230 g/mol. The molecule has 0 amide bonds. The van der Waals surface area contributed by atoms with Gasteiger partial charge >= 0.3 is 5.69 Å². The SMILES string of the molecule is Cc1c(Cl)c(C)c([N+](=O)[O-])c(O)c1C=O. The van der Waals surface area contributed by atoms with Gasteiger partial charge in [-0.3, -0.25) is 14.9 Å². The van der Waals surface area contributed by atoms with Gasteiger partial charge in [-0.1, -0.05) is 11.6 Å². The third-order valence-electron chi connectivity index (χ3n) is 2.20. The van der Waals surface area contributed by atoms with E-state index in [1.807, 2.05) is 0 Å². The summed E-state index contributed by atoms with van der Waals surface area (Å²) in [5.74, 6) is -0.630.